The van der Waals surface area contributed by atoms with Crippen LogP contribution in [0, 0.1) is 6.92 Å². The third kappa shape index (κ3) is 7.74. The molecule has 0 radical (unpaired) electrons. The van der Waals surface area contributed by atoms with Gasteiger partial charge in [0.1, 0.15) is 12.6 Å². The number of nitrogens with one attached hydrogen (secondary N) is 1. The number of nitrogens with zero attached hydrogens (tertiary/aromatic N) is 2. The zero-order chi connectivity index (χ0) is 25.7. The fourth-order valence-electron chi connectivity index (χ4n) is 3.60. The lowest BCUT2D eigenvalue weighted by Crippen LogP contribution is -2.55. The molecule has 34 heavy (non-hydrogen) atoms. The Labute approximate surface area is 208 Å². The molecule has 186 valence electrons. The van der Waals surface area contributed by atoms with Gasteiger partial charge in [-0.05, 0) is 57.4 Å². The fraction of sp³-hybridized carbons (Fsp3) is 0.440. The van der Waals surface area contributed by atoms with Gasteiger partial charge >= 0.3 is 0 Å². The number of aryl methyl sites for hydroxylation is 1. The average molecular weight is 508 g/mol. The molecule has 9 heteroatoms. The van der Waals surface area contributed by atoms with Crippen LogP contribution in [0.15, 0.2) is 48.5 Å². The molecular formula is C25H34ClN3O4S. The second-order valence-electron chi connectivity index (χ2n) is 9.37. The van der Waals surface area contributed by atoms with Crippen LogP contribution in [0.25, 0.3) is 0 Å². The molecule has 0 aliphatic rings. The molecule has 2 rings (SSSR count). The highest BCUT2D eigenvalue weighted by Crippen LogP contribution is 2.27. The standard InChI is InChI=1S/C25H34ClN3O4S/c1-7-21(24(31)27-25(3,4)5)28(16-19-11-9-8-10-12-19)23(30)17-29(34(6,32)33)22-15-20(26)14-13-18(22)2/h8-15,21H,7,16-17H2,1-6H3,(H,27,31). The zero-order valence-corrected chi connectivity index (χ0v) is 22.2. The van der Waals surface area contributed by atoms with Crippen LogP contribution in [-0.2, 0) is 26.2 Å². The SMILES string of the molecule is CCC(C(=O)NC(C)(C)C)N(Cc1ccccc1)C(=O)CN(c1cc(Cl)ccc1C)S(C)(=O)=O. The number of carbonyl (C=O) groups is 2. The first-order valence-electron chi connectivity index (χ1n) is 11.1. The Morgan fingerprint density at radius 1 is 1.09 bits per heavy atom. The Kier molecular flexibility index (Phi) is 9.14. The second kappa shape index (κ2) is 11.2. The second-order valence-corrected chi connectivity index (χ2v) is 11.7. The molecule has 0 spiro atoms. The van der Waals surface area contributed by atoms with Gasteiger partial charge in [0.05, 0.1) is 11.9 Å². The molecule has 2 aromatic carbocycles. The normalized spacial score (nSPS) is 12.7. The highest BCUT2D eigenvalue weighted by atomic mass is 35.5. The number of sulfonamides is 1. The number of benzene rings is 2. The van der Waals surface area contributed by atoms with Crippen molar-refractivity contribution in [1.82, 2.24) is 10.2 Å². The molecule has 0 aliphatic carbocycles. The van der Waals surface area contributed by atoms with Gasteiger partial charge in [0, 0.05) is 17.1 Å². The van der Waals surface area contributed by atoms with Crippen molar-refractivity contribution in [1.29, 1.82) is 0 Å². The summed E-state index contributed by atoms with van der Waals surface area (Å²) in [5, 5.41) is 3.30. The Hall–Kier alpha value is -2.58. The van der Waals surface area contributed by atoms with E-state index in [4.69, 9.17) is 11.6 Å². The van der Waals surface area contributed by atoms with Crippen LogP contribution >= 0.6 is 11.6 Å². The number of hydrogen-bond acceptors (Lipinski definition) is 4. The van der Waals surface area contributed by atoms with Crippen molar-refractivity contribution in [2.45, 2.75) is 59.2 Å². The van der Waals surface area contributed by atoms with Crippen molar-refractivity contribution in [2.75, 3.05) is 17.1 Å². The maximum atomic E-state index is 13.7. The summed E-state index contributed by atoms with van der Waals surface area (Å²) in [5.74, 6) is -0.770. The Bertz CT molecular complexity index is 1110. The van der Waals surface area contributed by atoms with Crippen LogP contribution in [0.5, 0.6) is 0 Å². The molecule has 1 N–H and O–H groups in total. The molecule has 7 nitrogen and oxygen atoms in total. The van der Waals surface area contributed by atoms with Crippen LogP contribution in [0.4, 0.5) is 5.69 Å². The molecule has 2 aromatic rings. The van der Waals surface area contributed by atoms with E-state index in [1.54, 1.807) is 19.1 Å². The minimum absolute atomic E-state index is 0.169. The molecule has 1 unspecified atom stereocenters. The number of anilines is 1. The highest BCUT2D eigenvalue weighted by Gasteiger charge is 2.33. The summed E-state index contributed by atoms with van der Waals surface area (Å²) in [6.45, 7) is 8.90. The summed E-state index contributed by atoms with van der Waals surface area (Å²) < 4.78 is 26.5. The summed E-state index contributed by atoms with van der Waals surface area (Å²) in [4.78, 5) is 28.2. The first-order chi connectivity index (χ1) is 15.7. The van der Waals surface area contributed by atoms with Crippen LogP contribution in [0.3, 0.4) is 0 Å². The molecule has 0 fully saturated rings. The van der Waals surface area contributed by atoms with Gasteiger partial charge in [0.15, 0.2) is 0 Å². The van der Waals surface area contributed by atoms with E-state index in [9.17, 15) is 18.0 Å². The van der Waals surface area contributed by atoms with E-state index in [1.165, 1.54) is 11.0 Å². The first kappa shape index (κ1) is 27.7. The highest BCUT2D eigenvalue weighted by molar-refractivity contribution is 7.92. The van der Waals surface area contributed by atoms with Crippen LogP contribution < -0.4 is 9.62 Å². The van der Waals surface area contributed by atoms with E-state index in [0.29, 0.717) is 22.7 Å². The third-order valence-corrected chi connectivity index (χ3v) is 6.56. The summed E-state index contributed by atoms with van der Waals surface area (Å²) in [6.07, 6.45) is 1.42. The first-order valence-corrected chi connectivity index (χ1v) is 13.3. The molecule has 0 aromatic heterocycles. The van der Waals surface area contributed by atoms with Crippen molar-refractivity contribution in [3.8, 4) is 0 Å². The molecule has 1 atom stereocenters. The van der Waals surface area contributed by atoms with E-state index in [2.05, 4.69) is 5.32 Å². The Morgan fingerprint density at radius 3 is 2.24 bits per heavy atom. The fourth-order valence-corrected chi connectivity index (χ4v) is 4.66. The molecule has 0 heterocycles. The van der Waals surface area contributed by atoms with Crippen molar-refractivity contribution in [3.05, 3.63) is 64.7 Å². The summed E-state index contributed by atoms with van der Waals surface area (Å²) in [5.41, 5.74) is 1.34. The van der Waals surface area contributed by atoms with Gasteiger partial charge in [-0.15, -0.1) is 0 Å². The van der Waals surface area contributed by atoms with Crippen LogP contribution in [0.1, 0.15) is 45.2 Å². The topological polar surface area (TPSA) is 86.8 Å². The lowest BCUT2D eigenvalue weighted by Gasteiger charge is -2.34. The number of rotatable bonds is 9. The number of hydrogen-bond donors (Lipinski definition) is 1. The van der Waals surface area contributed by atoms with Gasteiger partial charge in [-0.2, -0.15) is 0 Å². The summed E-state index contributed by atoms with van der Waals surface area (Å²) in [7, 11) is -3.81. The molecule has 2 amide bonds. The van der Waals surface area contributed by atoms with Gasteiger partial charge in [0.2, 0.25) is 21.8 Å². The summed E-state index contributed by atoms with van der Waals surface area (Å²) >= 11 is 6.12. The van der Waals surface area contributed by atoms with Gasteiger partial charge in [-0.3, -0.25) is 13.9 Å². The average Bonchev–Trinajstić information content (AvgIpc) is 2.72. The predicted molar refractivity (Wildman–Crippen MR) is 137 cm³/mol. The third-order valence-electron chi connectivity index (χ3n) is 5.20. The van der Waals surface area contributed by atoms with Gasteiger partial charge in [0.25, 0.3) is 0 Å². The smallest absolute Gasteiger partial charge is 0.244 e. The number of amides is 2. The van der Waals surface area contributed by atoms with Crippen molar-refractivity contribution in [3.63, 3.8) is 0 Å². The van der Waals surface area contributed by atoms with Gasteiger partial charge in [-0.1, -0.05) is 54.9 Å². The number of halogens is 1. The van der Waals surface area contributed by atoms with E-state index < -0.39 is 34.1 Å². The predicted octanol–water partition coefficient (Wildman–Crippen LogP) is 4.14. The molecule has 0 bridgehead atoms. The molecule has 0 aliphatic heterocycles. The minimum atomic E-state index is -3.81. The van der Waals surface area contributed by atoms with Crippen molar-refractivity contribution >= 4 is 39.1 Å². The maximum absolute atomic E-state index is 13.7. The van der Waals surface area contributed by atoms with Crippen LogP contribution in [-0.4, -0.2) is 49.5 Å². The van der Waals surface area contributed by atoms with E-state index in [-0.39, 0.29) is 12.5 Å². The largest absolute Gasteiger partial charge is 0.350 e. The summed E-state index contributed by atoms with van der Waals surface area (Å²) in [6, 6.07) is 13.4. The Balaban J connectivity index is 2.48. The van der Waals surface area contributed by atoms with E-state index in [0.717, 1.165) is 16.1 Å². The lowest BCUT2D eigenvalue weighted by atomic mass is 10.1. The monoisotopic (exact) mass is 507 g/mol. The van der Waals surface area contributed by atoms with Gasteiger partial charge in [-0.25, -0.2) is 8.42 Å². The minimum Gasteiger partial charge on any atom is -0.350 e. The maximum Gasteiger partial charge on any atom is 0.244 e. The van der Waals surface area contributed by atoms with Crippen LogP contribution in [0.2, 0.25) is 5.02 Å². The van der Waals surface area contributed by atoms with Gasteiger partial charge < -0.3 is 10.2 Å². The Morgan fingerprint density at radius 2 is 1.71 bits per heavy atom. The van der Waals surface area contributed by atoms with Crippen molar-refractivity contribution < 1.29 is 18.0 Å². The van der Waals surface area contributed by atoms with Crippen molar-refractivity contribution in [2.24, 2.45) is 0 Å². The molecule has 0 saturated heterocycles. The molecular weight excluding hydrogens is 474 g/mol. The number of carbonyl (C=O) groups excluding carboxylic acids is 2. The zero-order valence-electron chi connectivity index (χ0n) is 20.6. The quantitative estimate of drug-likeness (QED) is 0.552. The lowest BCUT2D eigenvalue weighted by molar-refractivity contribution is -0.141. The van der Waals surface area contributed by atoms with E-state index >= 15 is 0 Å². The molecule has 0 saturated carbocycles. The van der Waals surface area contributed by atoms with E-state index in [1.807, 2.05) is 58.0 Å².